The number of nitro benzene ring substituents is 1. The minimum absolute atomic E-state index is 0.00704. The molecule has 1 heterocycles. The summed E-state index contributed by atoms with van der Waals surface area (Å²) in [6.45, 7) is 2.42. The third-order valence-corrected chi connectivity index (χ3v) is 4.55. The number of ether oxygens (including phenoxy) is 1. The van der Waals surface area contributed by atoms with Crippen molar-refractivity contribution >= 4 is 23.4 Å². The van der Waals surface area contributed by atoms with E-state index in [1.807, 2.05) is 6.92 Å². The zero-order valence-electron chi connectivity index (χ0n) is 10.5. The molecule has 1 aromatic carbocycles. The second kappa shape index (κ2) is 5.76. The molecule has 0 radical (unpaired) electrons. The van der Waals surface area contributed by atoms with E-state index >= 15 is 0 Å². The van der Waals surface area contributed by atoms with Crippen LogP contribution in [0.5, 0.6) is 0 Å². The van der Waals surface area contributed by atoms with Gasteiger partial charge in [-0.2, -0.15) is 0 Å². The van der Waals surface area contributed by atoms with Gasteiger partial charge in [-0.05, 0) is 19.4 Å². The Balaban J connectivity index is 2.36. The van der Waals surface area contributed by atoms with Crippen LogP contribution in [0.2, 0.25) is 0 Å². The van der Waals surface area contributed by atoms with E-state index < -0.39 is 28.0 Å². The molecule has 8 heteroatoms. The third-order valence-electron chi connectivity index (χ3n) is 3.06. The standard InChI is InChI=1S/C12H12FNO5S/c1-6-10(2-3-19-6)20-11-4-7(12(15)16)9(14(17)18)5-8(11)13/h4-6,10H,2-3H2,1H3,(H,15,16). The van der Waals surface area contributed by atoms with Crippen molar-refractivity contribution in [2.45, 2.75) is 29.6 Å². The van der Waals surface area contributed by atoms with Crippen molar-refractivity contribution in [3.8, 4) is 0 Å². The van der Waals surface area contributed by atoms with E-state index in [2.05, 4.69) is 0 Å². The first-order chi connectivity index (χ1) is 9.40. The summed E-state index contributed by atoms with van der Waals surface area (Å²) < 4.78 is 19.2. The first-order valence-electron chi connectivity index (χ1n) is 5.89. The molecule has 1 aliphatic rings. The Morgan fingerprint density at radius 3 is 2.80 bits per heavy atom. The maximum absolute atomic E-state index is 13.9. The van der Waals surface area contributed by atoms with Gasteiger partial charge in [0.25, 0.3) is 5.69 Å². The summed E-state index contributed by atoms with van der Waals surface area (Å²) >= 11 is 1.15. The number of rotatable bonds is 4. The van der Waals surface area contributed by atoms with Gasteiger partial charge in [-0.1, -0.05) is 0 Å². The maximum atomic E-state index is 13.9. The van der Waals surface area contributed by atoms with Crippen molar-refractivity contribution in [3.05, 3.63) is 33.6 Å². The Morgan fingerprint density at radius 1 is 1.60 bits per heavy atom. The molecule has 6 nitrogen and oxygen atoms in total. The smallest absolute Gasteiger partial charge is 0.342 e. The molecule has 0 aromatic heterocycles. The summed E-state index contributed by atoms with van der Waals surface area (Å²) in [6, 6.07) is 1.68. The molecule has 0 amide bonds. The molecule has 1 aromatic rings. The minimum atomic E-state index is -1.45. The van der Waals surface area contributed by atoms with Crippen LogP contribution in [0.15, 0.2) is 17.0 Å². The number of hydrogen-bond donors (Lipinski definition) is 1. The van der Waals surface area contributed by atoms with Gasteiger partial charge < -0.3 is 9.84 Å². The molecule has 2 atom stereocenters. The number of halogens is 1. The van der Waals surface area contributed by atoms with Crippen LogP contribution in [0, 0.1) is 15.9 Å². The Kier molecular flexibility index (Phi) is 4.24. The quantitative estimate of drug-likeness (QED) is 0.679. The van der Waals surface area contributed by atoms with Crippen LogP contribution < -0.4 is 0 Å². The highest BCUT2D eigenvalue weighted by Gasteiger charge is 2.29. The number of carboxylic acids is 1. The molecular weight excluding hydrogens is 289 g/mol. The number of carbonyl (C=O) groups is 1. The lowest BCUT2D eigenvalue weighted by Crippen LogP contribution is -2.13. The van der Waals surface area contributed by atoms with E-state index in [4.69, 9.17) is 9.84 Å². The molecule has 1 saturated heterocycles. The number of carboxylic acid groups (broad SMARTS) is 1. The monoisotopic (exact) mass is 301 g/mol. The summed E-state index contributed by atoms with van der Waals surface area (Å²) in [5, 5.41) is 19.7. The van der Waals surface area contributed by atoms with Gasteiger partial charge in [0, 0.05) is 16.8 Å². The van der Waals surface area contributed by atoms with Crippen molar-refractivity contribution < 1.29 is 24.0 Å². The molecule has 0 spiro atoms. The Bertz CT molecular complexity index is 565. The lowest BCUT2D eigenvalue weighted by Gasteiger charge is -2.14. The molecule has 0 aliphatic carbocycles. The van der Waals surface area contributed by atoms with E-state index in [-0.39, 0.29) is 16.2 Å². The van der Waals surface area contributed by atoms with Crippen LogP contribution in [0.25, 0.3) is 0 Å². The minimum Gasteiger partial charge on any atom is -0.477 e. The predicted molar refractivity (Wildman–Crippen MR) is 69.7 cm³/mol. The molecule has 108 valence electrons. The summed E-state index contributed by atoms with van der Waals surface area (Å²) in [6.07, 6.45) is 0.660. The molecule has 1 fully saturated rings. The van der Waals surface area contributed by atoms with Crippen LogP contribution in [0.1, 0.15) is 23.7 Å². The zero-order valence-corrected chi connectivity index (χ0v) is 11.4. The maximum Gasteiger partial charge on any atom is 0.342 e. The summed E-state index contributed by atoms with van der Waals surface area (Å²) in [5.74, 6) is -2.24. The van der Waals surface area contributed by atoms with Crippen LogP contribution in [-0.2, 0) is 4.74 Å². The average Bonchev–Trinajstić information content (AvgIpc) is 2.76. The van der Waals surface area contributed by atoms with E-state index in [1.54, 1.807) is 0 Å². The number of aromatic carboxylic acids is 1. The van der Waals surface area contributed by atoms with Crippen LogP contribution in [0.4, 0.5) is 10.1 Å². The van der Waals surface area contributed by atoms with Crippen LogP contribution in [0.3, 0.4) is 0 Å². The number of nitro groups is 1. The van der Waals surface area contributed by atoms with Gasteiger partial charge in [-0.3, -0.25) is 10.1 Å². The van der Waals surface area contributed by atoms with Crippen molar-refractivity contribution in [1.29, 1.82) is 0 Å². The van der Waals surface area contributed by atoms with Crippen molar-refractivity contribution in [2.24, 2.45) is 0 Å². The molecule has 1 aliphatic heterocycles. The Hall–Kier alpha value is -1.67. The summed E-state index contributed by atoms with van der Waals surface area (Å²) in [5.41, 5.74) is -1.25. The topological polar surface area (TPSA) is 89.7 Å². The second-order valence-corrected chi connectivity index (χ2v) is 5.66. The second-order valence-electron chi connectivity index (χ2n) is 4.38. The first kappa shape index (κ1) is 14.7. The normalized spacial score (nSPS) is 21.9. The SMILES string of the molecule is CC1OCCC1Sc1cc(C(=O)O)c([N+](=O)[O-])cc1F. The Labute approximate surface area is 118 Å². The van der Waals surface area contributed by atoms with Gasteiger partial charge in [0.05, 0.1) is 17.1 Å². The van der Waals surface area contributed by atoms with E-state index in [1.165, 1.54) is 0 Å². The van der Waals surface area contributed by atoms with Gasteiger partial charge in [0.1, 0.15) is 11.4 Å². The first-order valence-corrected chi connectivity index (χ1v) is 6.77. The number of benzene rings is 1. The molecular formula is C12H12FNO5S. The fourth-order valence-corrected chi connectivity index (χ4v) is 3.15. The number of thioether (sulfide) groups is 1. The predicted octanol–water partition coefficient (Wildman–Crippen LogP) is 2.70. The summed E-state index contributed by atoms with van der Waals surface area (Å²) in [7, 11) is 0. The molecule has 2 rings (SSSR count). The molecule has 20 heavy (non-hydrogen) atoms. The largest absolute Gasteiger partial charge is 0.477 e. The van der Waals surface area contributed by atoms with Gasteiger partial charge in [-0.15, -0.1) is 11.8 Å². The van der Waals surface area contributed by atoms with E-state index in [0.717, 1.165) is 24.2 Å². The average molecular weight is 301 g/mol. The van der Waals surface area contributed by atoms with Crippen molar-refractivity contribution in [2.75, 3.05) is 6.61 Å². The molecule has 0 saturated carbocycles. The highest BCUT2D eigenvalue weighted by molar-refractivity contribution is 8.00. The van der Waals surface area contributed by atoms with Crippen LogP contribution >= 0.6 is 11.8 Å². The number of hydrogen-bond acceptors (Lipinski definition) is 5. The van der Waals surface area contributed by atoms with Crippen molar-refractivity contribution in [1.82, 2.24) is 0 Å². The van der Waals surface area contributed by atoms with Gasteiger partial charge in [0.15, 0.2) is 0 Å². The molecule has 0 bridgehead atoms. The van der Waals surface area contributed by atoms with Gasteiger partial charge in [0.2, 0.25) is 0 Å². The highest BCUT2D eigenvalue weighted by atomic mass is 32.2. The molecule has 1 N–H and O–H groups in total. The summed E-state index contributed by atoms with van der Waals surface area (Å²) in [4.78, 5) is 21.0. The van der Waals surface area contributed by atoms with E-state index in [9.17, 15) is 19.3 Å². The molecule has 2 unspecified atom stereocenters. The highest BCUT2D eigenvalue weighted by Crippen LogP contribution is 2.36. The fraction of sp³-hybridized carbons (Fsp3) is 0.417. The lowest BCUT2D eigenvalue weighted by atomic mass is 10.2. The van der Waals surface area contributed by atoms with Crippen LogP contribution in [-0.4, -0.2) is 34.0 Å². The zero-order chi connectivity index (χ0) is 14.9. The van der Waals surface area contributed by atoms with E-state index in [0.29, 0.717) is 12.7 Å². The van der Waals surface area contributed by atoms with Crippen molar-refractivity contribution in [3.63, 3.8) is 0 Å². The number of nitrogens with zero attached hydrogens (tertiary/aromatic N) is 1. The van der Waals surface area contributed by atoms with Gasteiger partial charge >= 0.3 is 5.97 Å². The Morgan fingerprint density at radius 2 is 2.30 bits per heavy atom. The third kappa shape index (κ3) is 2.91. The van der Waals surface area contributed by atoms with Gasteiger partial charge in [-0.25, -0.2) is 9.18 Å². The lowest BCUT2D eigenvalue weighted by molar-refractivity contribution is -0.385. The fourth-order valence-electron chi connectivity index (χ4n) is 1.99.